The third-order valence-electron chi connectivity index (χ3n) is 6.74. The van der Waals surface area contributed by atoms with Crippen molar-refractivity contribution in [3.63, 3.8) is 0 Å². The molecule has 8 nitrogen and oxygen atoms in total. The highest BCUT2D eigenvalue weighted by atomic mass is 32.1. The summed E-state index contributed by atoms with van der Waals surface area (Å²) in [7, 11) is 0. The molecule has 0 bridgehead atoms. The molecule has 2 aromatic carbocycles. The fourth-order valence-electron chi connectivity index (χ4n) is 4.84. The van der Waals surface area contributed by atoms with Crippen LogP contribution in [0, 0.1) is 11.7 Å². The van der Waals surface area contributed by atoms with E-state index in [1.807, 2.05) is 25.1 Å². The van der Waals surface area contributed by atoms with Crippen molar-refractivity contribution in [2.75, 3.05) is 62.3 Å². The maximum atomic E-state index is 13.9. The highest BCUT2D eigenvalue weighted by molar-refractivity contribution is 7.22. The lowest BCUT2D eigenvalue weighted by molar-refractivity contribution is -0.124. The molecule has 2 amide bonds. The molecular formula is C27H31FN4O4S. The Morgan fingerprint density at radius 2 is 2.00 bits per heavy atom. The molecule has 0 saturated carbocycles. The Bertz CT molecular complexity index is 1240. The van der Waals surface area contributed by atoms with Crippen molar-refractivity contribution in [1.29, 1.82) is 0 Å². The van der Waals surface area contributed by atoms with Gasteiger partial charge in [-0.3, -0.25) is 19.4 Å². The summed E-state index contributed by atoms with van der Waals surface area (Å²) in [6.45, 7) is 7.30. The second kappa shape index (κ2) is 11.5. The van der Waals surface area contributed by atoms with Crippen LogP contribution in [0.2, 0.25) is 0 Å². The maximum absolute atomic E-state index is 13.9. The third kappa shape index (κ3) is 5.76. The average molecular weight is 527 g/mol. The zero-order valence-corrected chi connectivity index (χ0v) is 21.7. The molecule has 3 aromatic rings. The summed E-state index contributed by atoms with van der Waals surface area (Å²) in [6, 6.07) is 11.6. The quantitative estimate of drug-likeness (QED) is 0.421. The number of fused-ring (bicyclic) bond motifs is 1. The summed E-state index contributed by atoms with van der Waals surface area (Å²) in [6.07, 6.45) is 0.896. The van der Waals surface area contributed by atoms with Crippen LogP contribution >= 0.6 is 11.3 Å². The van der Waals surface area contributed by atoms with Crippen LogP contribution in [0.15, 0.2) is 42.5 Å². The number of nitrogens with zero attached hydrogens (tertiary/aromatic N) is 4. The number of hydrogen-bond acceptors (Lipinski definition) is 7. The first-order valence-electron chi connectivity index (χ1n) is 12.7. The minimum absolute atomic E-state index is 0.114. The summed E-state index contributed by atoms with van der Waals surface area (Å²) >= 11 is 1.46. The van der Waals surface area contributed by atoms with Crippen molar-refractivity contribution >= 4 is 44.2 Å². The molecule has 1 atom stereocenters. The number of carbonyl (C=O) groups is 2. The van der Waals surface area contributed by atoms with E-state index < -0.39 is 5.92 Å². The number of amides is 2. The number of benzene rings is 2. The first-order valence-corrected chi connectivity index (χ1v) is 13.5. The maximum Gasteiger partial charge on any atom is 0.234 e. The molecule has 10 heteroatoms. The van der Waals surface area contributed by atoms with E-state index in [0.29, 0.717) is 29.7 Å². The fourth-order valence-corrected chi connectivity index (χ4v) is 5.85. The molecule has 196 valence electrons. The van der Waals surface area contributed by atoms with Gasteiger partial charge in [0.05, 0.1) is 30.4 Å². The highest BCUT2D eigenvalue weighted by Gasteiger charge is 2.38. The Morgan fingerprint density at radius 3 is 2.76 bits per heavy atom. The van der Waals surface area contributed by atoms with Crippen LogP contribution in [0.4, 0.5) is 15.2 Å². The molecule has 37 heavy (non-hydrogen) atoms. The highest BCUT2D eigenvalue weighted by Crippen LogP contribution is 2.36. The van der Waals surface area contributed by atoms with E-state index >= 15 is 0 Å². The Morgan fingerprint density at radius 1 is 1.22 bits per heavy atom. The van der Waals surface area contributed by atoms with Crippen molar-refractivity contribution < 1.29 is 23.5 Å². The Kier molecular flexibility index (Phi) is 7.97. The molecule has 1 unspecified atom stereocenters. The zero-order valence-electron chi connectivity index (χ0n) is 20.9. The zero-order chi connectivity index (χ0) is 25.8. The standard InChI is InChI=1S/C27H31FN4O4S/c1-2-36-22-5-3-6-23-25(22)29-27(37-23)31(12-4-11-30-13-15-35-16-14-30)26(34)19-17-24(33)32(18-19)21-9-7-20(28)8-10-21/h3,5-10,19H,2,4,11-18H2,1H3. The molecule has 1 aromatic heterocycles. The predicted octanol–water partition coefficient (Wildman–Crippen LogP) is 3.94. The molecule has 2 aliphatic heterocycles. The van der Waals surface area contributed by atoms with Gasteiger partial charge in [0.25, 0.3) is 0 Å². The number of ether oxygens (including phenoxy) is 2. The van der Waals surface area contributed by atoms with Gasteiger partial charge in [0.15, 0.2) is 5.13 Å². The fraction of sp³-hybridized carbons (Fsp3) is 0.444. The lowest BCUT2D eigenvalue weighted by Crippen LogP contribution is -2.41. The first-order chi connectivity index (χ1) is 18.0. The van der Waals surface area contributed by atoms with E-state index in [1.54, 1.807) is 21.9 Å². The Balaban J connectivity index is 1.37. The van der Waals surface area contributed by atoms with Crippen molar-refractivity contribution in [3.05, 3.63) is 48.3 Å². The number of carbonyl (C=O) groups excluding carboxylic acids is 2. The number of para-hydroxylation sites is 1. The van der Waals surface area contributed by atoms with Gasteiger partial charge in [0.2, 0.25) is 11.8 Å². The molecule has 0 spiro atoms. The van der Waals surface area contributed by atoms with E-state index in [0.717, 1.165) is 49.5 Å². The van der Waals surface area contributed by atoms with E-state index in [1.165, 1.54) is 23.5 Å². The van der Waals surface area contributed by atoms with Gasteiger partial charge in [-0.15, -0.1) is 0 Å². The average Bonchev–Trinajstić information content (AvgIpc) is 3.52. The summed E-state index contributed by atoms with van der Waals surface area (Å²) in [5.41, 5.74) is 1.34. The van der Waals surface area contributed by atoms with Gasteiger partial charge in [0.1, 0.15) is 17.1 Å². The van der Waals surface area contributed by atoms with Crippen molar-refractivity contribution in [2.24, 2.45) is 5.92 Å². The summed E-state index contributed by atoms with van der Waals surface area (Å²) in [4.78, 5) is 37.2. The van der Waals surface area contributed by atoms with Crippen LogP contribution in [-0.2, 0) is 14.3 Å². The smallest absolute Gasteiger partial charge is 0.234 e. The van der Waals surface area contributed by atoms with Crippen LogP contribution in [0.1, 0.15) is 19.8 Å². The molecule has 0 N–H and O–H groups in total. The van der Waals surface area contributed by atoms with E-state index in [-0.39, 0.29) is 30.6 Å². The third-order valence-corrected chi connectivity index (χ3v) is 7.78. The monoisotopic (exact) mass is 526 g/mol. The van der Waals surface area contributed by atoms with Crippen LogP contribution in [0.25, 0.3) is 10.2 Å². The van der Waals surface area contributed by atoms with Crippen LogP contribution in [0.3, 0.4) is 0 Å². The largest absolute Gasteiger partial charge is 0.492 e. The molecule has 2 saturated heterocycles. The van der Waals surface area contributed by atoms with Gasteiger partial charge < -0.3 is 14.4 Å². The molecule has 5 rings (SSSR count). The van der Waals surface area contributed by atoms with E-state index in [4.69, 9.17) is 14.5 Å². The Hall–Kier alpha value is -3.08. The molecule has 3 heterocycles. The van der Waals surface area contributed by atoms with Gasteiger partial charge in [-0.25, -0.2) is 9.37 Å². The number of hydrogen-bond donors (Lipinski definition) is 0. The van der Waals surface area contributed by atoms with Gasteiger partial charge in [0, 0.05) is 44.8 Å². The number of morpholine rings is 1. The Labute approximate surface area is 219 Å². The van der Waals surface area contributed by atoms with E-state index in [9.17, 15) is 14.0 Å². The second-order valence-electron chi connectivity index (χ2n) is 9.21. The molecule has 0 aliphatic carbocycles. The molecule has 0 radical (unpaired) electrons. The lowest BCUT2D eigenvalue weighted by Gasteiger charge is -2.28. The summed E-state index contributed by atoms with van der Waals surface area (Å²) < 4.78 is 25.6. The minimum Gasteiger partial charge on any atom is -0.492 e. The van der Waals surface area contributed by atoms with Crippen molar-refractivity contribution in [1.82, 2.24) is 9.88 Å². The summed E-state index contributed by atoms with van der Waals surface area (Å²) in [5, 5.41) is 0.613. The van der Waals surface area contributed by atoms with E-state index in [2.05, 4.69) is 4.90 Å². The number of rotatable bonds is 9. The number of thiazole rings is 1. The topological polar surface area (TPSA) is 75.2 Å². The SMILES string of the molecule is CCOc1cccc2sc(N(CCCN3CCOCC3)C(=O)C3CC(=O)N(c4ccc(F)cc4)C3)nc12. The number of halogens is 1. The van der Waals surface area contributed by atoms with Crippen LogP contribution in [-0.4, -0.2) is 74.2 Å². The van der Waals surface area contributed by atoms with Gasteiger partial charge in [-0.1, -0.05) is 17.4 Å². The van der Waals surface area contributed by atoms with Gasteiger partial charge in [-0.2, -0.15) is 0 Å². The van der Waals surface area contributed by atoms with Crippen molar-refractivity contribution in [2.45, 2.75) is 19.8 Å². The van der Waals surface area contributed by atoms with Crippen LogP contribution < -0.4 is 14.5 Å². The van der Waals surface area contributed by atoms with Gasteiger partial charge >= 0.3 is 0 Å². The molecule has 2 fully saturated rings. The number of anilines is 2. The first kappa shape index (κ1) is 25.6. The van der Waals surface area contributed by atoms with Gasteiger partial charge in [-0.05, 0) is 49.7 Å². The minimum atomic E-state index is -0.501. The molecule has 2 aliphatic rings. The second-order valence-corrected chi connectivity index (χ2v) is 10.2. The normalized spacial score (nSPS) is 18.5. The summed E-state index contributed by atoms with van der Waals surface area (Å²) in [5.74, 6) is -0.420. The predicted molar refractivity (Wildman–Crippen MR) is 142 cm³/mol. The van der Waals surface area contributed by atoms with Crippen LogP contribution in [0.5, 0.6) is 5.75 Å². The number of aromatic nitrogens is 1. The van der Waals surface area contributed by atoms with Crippen molar-refractivity contribution in [3.8, 4) is 5.75 Å². The molecular weight excluding hydrogens is 495 g/mol. The lowest BCUT2D eigenvalue weighted by atomic mass is 10.1.